The van der Waals surface area contributed by atoms with E-state index in [1.54, 1.807) is 20.9 Å². The van der Waals surface area contributed by atoms with Crippen molar-refractivity contribution in [1.82, 2.24) is 9.62 Å². The molecule has 1 N–H and O–H groups in total. The number of nitrogens with zero attached hydrogens (tertiary/aromatic N) is 1. The molecule has 0 radical (unpaired) electrons. The Morgan fingerprint density at radius 1 is 1.21 bits per heavy atom. The molecule has 1 aromatic carbocycles. The summed E-state index contributed by atoms with van der Waals surface area (Å²) in [4.78, 5) is -0.610. The van der Waals surface area contributed by atoms with Crippen LogP contribution in [-0.2, 0) is 16.6 Å². The van der Waals surface area contributed by atoms with E-state index in [0.717, 1.165) is 10.4 Å². The van der Waals surface area contributed by atoms with Crippen molar-refractivity contribution < 1.29 is 17.2 Å². The first-order valence-corrected chi connectivity index (χ1v) is 7.45. The van der Waals surface area contributed by atoms with Gasteiger partial charge in [0.15, 0.2) is 11.6 Å². The lowest BCUT2D eigenvalue weighted by atomic mass is 10.2. The van der Waals surface area contributed by atoms with Gasteiger partial charge in [-0.1, -0.05) is 13.8 Å². The lowest BCUT2D eigenvalue weighted by molar-refractivity contribution is 0.431. The fourth-order valence-electron chi connectivity index (χ4n) is 1.81. The van der Waals surface area contributed by atoms with Crippen LogP contribution in [-0.4, -0.2) is 32.9 Å². The first-order valence-electron chi connectivity index (χ1n) is 6.01. The van der Waals surface area contributed by atoms with Crippen molar-refractivity contribution in [1.29, 1.82) is 0 Å². The van der Waals surface area contributed by atoms with Gasteiger partial charge in [-0.15, -0.1) is 0 Å². The van der Waals surface area contributed by atoms with Gasteiger partial charge in [0, 0.05) is 19.6 Å². The fraction of sp³-hybridized carbons (Fsp3) is 0.500. The SMILES string of the molecule is CCN(CC)S(=O)(=O)c1cc(CNC)cc(F)c1F. The van der Waals surface area contributed by atoms with Crippen molar-refractivity contribution >= 4 is 10.0 Å². The Morgan fingerprint density at radius 2 is 1.79 bits per heavy atom. The maximum Gasteiger partial charge on any atom is 0.246 e. The molecular formula is C12H18F2N2O2S. The van der Waals surface area contributed by atoms with Crippen LogP contribution in [0.4, 0.5) is 8.78 Å². The largest absolute Gasteiger partial charge is 0.316 e. The van der Waals surface area contributed by atoms with Crippen molar-refractivity contribution in [2.75, 3.05) is 20.1 Å². The van der Waals surface area contributed by atoms with Crippen molar-refractivity contribution in [2.24, 2.45) is 0 Å². The third-order valence-electron chi connectivity index (χ3n) is 2.76. The van der Waals surface area contributed by atoms with E-state index in [4.69, 9.17) is 0 Å². The van der Waals surface area contributed by atoms with E-state index in [1.807, 2.05) is 0 Å². The van der Waals surface area contributed by atoms with Crippen LogP contribution in [0.2, 0.25) is 0 Å². The molecule has 0 aliphatic carbocycles. The second-order valence-electron chi connectivity index (χ2n) is 4.01. The van der Waals surface area contributed by atoms with Gasteiger partial charge in [-0.25, -0.2) is 17.2 Å². The molecule has 0 fully saturated rings. The van der Waals surface area contributed by atoms with Crippen LogP contribution < -0.4 is 5.32 Å². The van der Waals surface area contributed by atoms with Crippen molar-refractivity contribution in [2.45, 2.75) is 25.3 Å². The molecule has 19 heavy (non-hydrogen) atoms. The molecule has 1 rings (SSSR count). The molecule has 0 aliphatic rings. The third kappa shape index (κ3) is 3.29. The number of nitrogens with one attached hydrogen (secondary N) is 1. The molecule has 108 valence electrons. The molecule has 7 heteroatoms. The Kier molecular flexibility index (Phi) is 5.39. The predicted octanol–water partition coefficient (Wildman–Crippen LogP) is 1.71. The molecule has 0 heterocycles. The molecule has 0 aliphatic heterocycles. The molecule has 0 amide bonds. The van der Waals surface area contributed by atoms with Crippen LogP contribution >= 0.6 is 0 Å². The van der Waals surface area contributed by atoms with E-state index >= 15 is 0 Å². The Bertz CT molecular complexity index is 543. The lowest BCUT2D eigenvalue weighted by Gasteiger charge is -2.19. The monoisotopic (exact) mass is 292 g/mol. The fourth-order valence-corrected chi connectivity index (χ4v) is 3.40. The summed E-state index contributed by atoms with van der Waals surface area (Å²) < 4.78 is 52.8. The molecule has 0 atom stereocenters. The Balaban J connectivity index is 3.40. The summed E-state index contributed by atoms with van der Waals surface area (Å²) in [5.41, 5.74) is 0.382. The Labute approximate surface area is 112 Å². The molecule has 4 nitrogen and oxygen atoms in total. The van der Waals surface area contributed by atoms with E-state index in [0.29, 0.717) is 5.56 Å². The highest BCUT2D eigenvalue weighted by Crippen LogP contribution is 2.23. The van der Waals surface area contributed by atoms with Crippen LogP contribution in [0.3, 0.4) is 0 Å². The average molecular weight is 292 g/mol. The van der Waals surface area contributed by atoms with Gasteiger partial charge in [-0.3, -0.25) is 0 Å². The Hall–Kier alpha value is -1.05. The van der Waals surface area contributed by atoms with E-state index in [9.17, 15) is 17.2 Å². The van der Waals surface area contributed by atoms with Gasteiger partial charge in [0.1, 0.15) is 4.90 Å². The zero-order valence-electron chi connectivity index (χ0n) is 11.2. The minimum atomic E-state index is -4.00. The van der Waals surface area contributed by atoms with E-state index in [2.05, 4.69) is 5.32 Å². The standard InChI is InChI=1S/C12H18F2N2O2S/c1-4-16(5-2)19(17,18)11-7-9(8-15-3)6-10(13)12(11)14/h6-7,15H,4-5,8H2,1-3H3. The molecule has 0 saturated heterocycles. The quantitative estimate of drug-likeness (QED) is 0.868. The number of hydrogen-bond acceptors (Lipinski definition) is 3. The van der Waals surface area contributed by atoms with Crippen molar-refractivity contribution in [3.05, 3.63) is 29.3 Å². The molecule has 0 saturated carbocycles. The number of sulfonamides is 1. The summed E-state index contributed by atoms with van der Waals surface area (Å²) in [6.07, 6.45) is 0. The van der Waals surface area contributed by atoms with Crippen LogP contribution in [0.25, 0.3) is 0 Å². The number of rotatable bonds is 6. The zero-order chi connectivity index (χ0) is 14.6. The molecule has 0 aromatic heterocycles. The smallest absolute Gasteiger partial charge is 0.246 e. The van der Waals surface area contributed by atoms with Crippen molar-refractivity contribution in [3.8, 4) is 0 Å². The molecule has 1 aromatic rings. The number of halogens is 2. The van der Waals surface area contributed by atoms with Gasteiger partial charge in [-0.05, 0) is 24.7 Å². The molecule has 0 unspecified atom stereocenters. The summed E-state index contributed by atoms with van der Waals surface area (Å²) in [7, 11) is -2.37. The number of hydrogen-bond donors (Lipinski definition) is 1. The maximum atomic E-state index is 13.7. The minimum absolute atomic E-state index is 0.205. The predicted molar refractivity (Wildman–Crippen MR) is 69.2 cm³/mol. The summed E-state index contributed by atoms with van der Waals surface area (Å²) >= 11 is 0. The van der Waals surface area contributed by atoms with Crippen LogP contribution in [0.15, 0.2) is 17.0 Å². The number of benzene rings is 1. The van der Waals surface area contributed by atoms with Crippen molar-refractivity contribution in [3.63, 3.8) is 0 Å². The zero-order valence-corrected chi connectivity index (χ0v) is 12.0. The summed E-state index contributed by atoms with van der Waals surface area (Å²) in [6, 6.07) is 2.16. The van der Waals surface area contributed by atoms with Crippen LogP contribution in [0.5, 0.6) is 0 Å². The third-order valence-corrected chi connectivity index (χ3v) is 4.81. The van der Waals surface area contributed by atoms with Gasteiger partial charge in [0.25, 0.3) is 0 Å². The van der Waals surface area contributed by atoms with Gasteiger partial charge in [-0.2, -0.15) is 4.31 Å². The lowest BCUT2D eigenvalue weighted by Crippen LogP contribution is -2.31. The highest BCUT2D eigenvalue weighted by Gasteiger charge is 2.27. The van der Waals surface area contributed by atoms with Gasteiger partial charge in [0.2, 0.25) is 10.0 Å². The van der Waals surface area contributed by atoms with Gasteiger partial charge >= 0.3 is 0 Å². The van der Waals surface area contributed by atoms with Gasteiger partial charge < -0.3 is 5.32 Å². The normalized spacial score (nSPS) is 12.1. The van der Waals surface area contributed by atoms with E-state index in [-0.39, 0.29) is 19.6 Å². The average Bonchev–Trinajstić information content (AvgIpc) is 2.34. The second kappa shape index (κ2) is 6.40. The topological polar surface area (TPSA) is 49.4 Å². The summed E-state index contributed by atoms with van der Waals surface area (Å²) in [5, 5.41) is 2.77. The summed E-state index contributed by atoms with van der Waals surface area (Å²) in [6.45, 7) is 3.96. The maximum absolute atomic E-state index is 13.7. The van der Waals surface area contributed by atoms with Gasteiger partial charge in [0.05, 0.1) is 0 Å². The summed E-state index contributed by atoms with van der Waals surface area (Å²) in [5.74, 6) is -2.48. The first-order chi connectivity index (χ1) is 8.88. The highest BCUT2D eigenvalue weighted by molar-refractivity contribution is 7.89. The molecular weight excluding hydrogens is 274 g/mol. The van der Waals surface area contributed by atoms with Crippen LogP contribution in [0, 0.1) is 11.6 Å². The second-order valence-corrected chi connectivity index (χ2v) is 5.92. The highest BCUT2D eigenvalue weighted by atomic mass is 32.2. The minimum Gasteiger partial charge on any atom is -0.316 e. The van der Waals surface area contributed by atoms with Crippen LogP contribution in [0.1, 0.15) is 19.4 Å². The Morgan fingerprint density at radius 3 is 2.26 bits per heavy atom. The van der Waals surface area contributed by atoms with E-state index in [1.165, 1.54) is 6.07 Å². The first kappa shape index (κ1) is 16.0. The molecule has 0 bridgehead atoms. The van der Waals surface area contributed by atoms with E-state index < -0.39 is 26.6 Å². The molecule has 0 spiro atoms.